The summed E-state index contributed by atoms with van der Waals surface area (Å²) in [5.41, 5.74) is 0.349. The first-order valence-corrected chi connectivity index (χ1v) is 5.40. The Kier molecular flexibility index (Phi) is 2.31. The summed E-state index contributed by atoms with van der Waals surface area (Å²) in [6.07, 6.45) is -1.92. The molecule has 3 rings (SSSR count). The number of rotatable bonds is 1. The average molecular weight is 266 g/mol. The zero-order chi connectivity index (χ0) is 13.7. The van der Waals surface area contributed by atoms with Crippen LogP contribution in [0.3, 0.4) is 0 Å². The monoisotopic (exact) mass is 266 g/mol. The topological polar surface area (TPSA) is 64.4 Å². The van der Waals surface area contributed by atoms with Crippen LogP contribution in [0, 0.1) is 5.82 Å². The maximum absolute atomic E-state index is 13.9. The van der Waals surface area contributed by atoms with E-state index in [-0.39, 0.29) is 17.0 Å². The minimum Gasteiger partial charge on any atom is -0.476 e. The number of carboxylic acids is 1. The number of carbonyl (C=O) groups is 1. The highest BCUT2D eigenvalue weighted by Gasteiger charge is 2.34. The molecular weight excluding hydrogens is 258 g/mol. The van der Waals surface area contributed by atoms with E-state index in [2.05, 4.69) is 5.10 Å². The fraction of sp³-hybridized carbons (Fsp3) is 0.167. The van der Waals surface area contributed by atoms with Crippen molar-refractivity contribution in [2.24, 2.45) is 7.05 Å². The minimum atomic E-state index is -1.92. The highest BCUT2D eigenvalue weighted by Crippen LogP contribution is 2.44. The predicted octanol–water partition coefficient (Wildman–Crippen LogP) is 2.28. The number of alkyl halides is 1. The van der Waals surface area contributed by atoms with Crippen LogP contribution in [-0.2, 0) is 7.05 Å². The van der Waals surface area contributed by atoms with Gasteiger partial charge in [-0.3, -0.25) is 4.68 Å². The Balaban J connectivity index is 2.31. The van der Waals surface area contributed by atoms with E-state index in [0.29, 0.717) is 11.3 Å². The van der Waals surface area contributed by atoms with Gasteiger partial charge in [0.1, 0.15) is 11.5 Å². The number of hydrogen-bond donors (Lipinski definition) is 1. The van der Waals surface area contributed by atoms with Gasteiger partial charge in [0.05, 0.1) is 0 Å². The Morgan fingerprint density at radius 2 is 2.26 bits per heavy atom. The van der Waals surface area contributed by atoms with Gasteiger partial charge in [0.25, 0.3) is 6.36 Å². The van der Waals surface area contributed by atoms with Crippen molar-refractivity contribution in [2.45, 2.75) is 6.36 Å². The van der Waals surface area contributed by atoms with Crippen LogP contribution in [0.5, 0.6) is 5.75 Å². The second kappa shape index (κ2) is 3.78. The molecule has 19 heavy (non-hydrogen) atoms. The first-order valence-electron chi connectivity index (χ1n) is 5.40. The van der Waals surface area contributed by atoms with Gasteiger partial charge >= 0.3 is 5.97 Å². The van der Waals surface area contributed by atoms with Crippen molar-refractivity contribution in [1.29, 1.82) is 0 Å². The van der Waals surface area contributed by atoms with Crippen LogP contribution in [-0.4, -0.2) is 20.9 Å². The van der Waals surface area contributed by atoms with Crippen molar-refractivity contribution in [3.63, 3.8) is 0 Å². The highest BCUT2D eigenvalue weighted by molar-refractivity contribution is 5.92. The molecule has 0 spiro atoms. The third kappa shape index (κ3) is 1.58. The molecule has 0 amide bonds. The number of halogens is 2. The SMILES string of the molecule is Cn1nc(C(=O)O)c2c1-c1ccc(F)cc1C(F)O2. The Morgan fingerprint density at radius 3 is 2.95 bits per heavy atom. The maximum atomic E-state index is 13.9. The molecule has 0 radical (unpaired) electrons. The number of aromatic nitrogens is 2. The van der Waals surface area contributed by atoms with Crippen LogP contribution in [0.2, 0.25) is 0 Å². The van der Waals surface area contributed by atoms with Crippen molar-refractivity contribution < 1.29 is 23.4 Å². The van der Waals surface area contributed by atoms with Crippen LogP contribution in [0.15, 0.2) is 18.2 Å². The van der Waals surface area contributed by atoms with E-state index in [9.17, 15) is 13.6 Å². The summed E-state index contributed by atoms with van der Waals surface area (Å²) < 4.78 is 33.2. The van der Waals surface area contributed by atoms with Gasteiger partial charge in [-0.05, 0) is 18.2 Å². The van der Waals surface area contributed by atoms with Crippen molar-refractivity contribution in [3.8, 4) is 17.0 Å². The van der Waals surface area contributed by atoms with E-state index >= 15 is 0 Å². The predicted molar refractivity (Wildman–Crippen MR) is 60.0 cm³/mol. The van der Waals surface area contributed by atoms with Crippen molar-refractivity contribution >= 4 is 5.97 Å². The quantitative estimate of drug-likeness (QED) is 0.860. The molecule has 0 fully saturated rings. The van der Waals surface area contributed by atoms with Gasteiger partial charge in [-0.25, -0.2) is 9.18 Å². The van der Waals surface area contributed by atoms with Gasteiger partial charge in [-0.2, -0.15) is 9.49 Å². The molecule has 2 heterocycles. The van der Waals surface area contributed by atoms with Gasteiger partial charge in [0.15, 0.2) is 5.75 Å². The second-order valence-electron chi connectivity index (χ2n) is 4.12. The summed E-state index contributed by atoms with van der Waals surface area (Å²) in [6, 6.07) is 3.58. The minimum absolute atomic E-state index is 0.0208. The van der Waals surface area contributed by atoms with Gasteiger partial charge in [-0.15, -0.1) is 0 Å². The zero-order valence-electron chi connectivity index (χ0n) is 9.72. The van der Waals surface area contributed by atoms with Crippen molar-refractivity contribution in [1.82, 2.24) is 9.78 Å². The first-order chi connectivity index (χ1) is 8.99. The zero-order valence-corrected chi connectivity index (χ0v) is 9.72. The van der Waals surface area contributed by atoms with Crippen molar-refractivity contribution in [3.05, 3.63) is 35.3 Å². The molecule has 0 bridgehead atoms. The number of fused-ring (bicyclic) bond motifs is 3. The number of aromatic carboxylic acids is 1. The molecule has 5 nitrogen and oxygen atoms in total. The molecule has 0 aliphatic carbocycles. The van der Waals surface area contributed by atoms with Crippen LogP contribution in [0.25, 0.3) is 11.3 Å². The van der Waals surface area contributed by atoms with Gasteiger partial charge in [-0.1, -0.05) is 0 Å². The summed E-state index contributed by atoms with van der Waals surface area (Å²) in [4.78, 5) is 11.0. The Morgan fingerprint density at radius 1 is 1.53 bits per heavy atom. The Labute approximate surface area is 106 Å². The smallest absolute Gasteiger partial charge is 0.360 e. The second-order valence-corrected chi connectivity index (χ2v) is 4.12. The lowest BCUT2D eigenvalue weighted by Gasteiger charge is -2.21. The van der Waals surface area contributed by atoms with Gasteiger partial charge < -0.3 is 9.84 Å². The lowest BCUT2D eigenvalue weighted by Crippen LogP contribution is -2.12. The summed E-state index contributed by atoms with van der Waals surface area (Å²) in [7, 11) is 1.51. The standard InChI is InChI=1S/C12H8F2N2O3/c1-16-9-6-3-2-5(13)4-7(6)11(14)19-10(9)8(15-16)12(17)18/h2-4,11H,1H3,(H,17,18). The molecule has 0 saturated carbocycles. The molecule has 1 N–H and O–H groups in total. The normalized spacial score (nSPS) is 16.5. The Bertz CT molecular complexity index is 697. The number of benzene rings is 1. The first kappa shape index (κ1) is 11.6. The Hall–Kier alpha value is -2.44. The molecule has 2 aromatic rings. The van der Waals surface area contributed by atoms with E-state index in [1.165, 1.54) is 23.9 Å². The molecule has 1 aromatic carbocycles. The molecule has 1 atom stereocenters. The molecule has 98 valence electrons. The summed E-state index contributed by atoms with van der Waals surface area (Å²) in [6.45, 7) is 0. The number of aryl methyl sites for hydroxylation is 1. The van der Waals surface area contributed by atoms with E-state index in [0.717, 1.165) is 6.07 Å². The van der Waals surface area contributed by atoms with Crippen molar-refractivity contribution in [2.75, 3.05) is 0 Å². The third-order valence-corrected chi connectivity index (χ3v) is 2.94. The van der Waals surface area contributed by atoms with Gasteiger partial charge in [0, 0.05) is 18.2 Å². The summed E-state index contributed by atoms with van der Waals surface area (Å²) >= 11 is 0. The molecule has 7 heteroatoms. The summed E-state index contributed by atoms with van der Waals surface area (Å²) in [5.74, 6) is -2.04. The number of hydrogen-bond acceptors (Lipinski definition) is 3. The number of ether oxygens (including phenoxy) is 1. The fourth-order valence-corrected chi connectivity index (χ4v) is 2.16. The lowest BCUT2D eigenvalue weighted by atomic mass is 10.0. The number of carboxylic acid groups (broad SMARTS) is 1. The number of nitrogens with zero attached hydrogens (tertiary/aromatic N) is 2. The van der Waals surface area contributed by atoms with E-state index in [4.69, 9.17) is 9.84 Å². The largest absolute Gasteiger partial charge is 0.476 e. The molecule has 1 aliphatic rings. The lowest BCUT2D eigenvalue weighted by molar-refractivity contribution is 0.0573. The summed E-state index contributed by atoms with van der Waals surface area (Å²) in [5, 5.41) is 12.8. The molecule has 1 aliphatic heterocycles. The third-order valence-electron chi connectivity index (χ3n) is 2.94. The average Bonchev–Trinajstić information content (AvgIpc) is 2.67. The molecule has 1 unspecified atom stereocenters. The van der Waals surface area contributed by atoms with E-state index in [1.807, 2.05) is 0 Å². The molecule has 1 aromatic heterocycles. The highest BCUT2D eigenvalue weighted by atomic mass is 19.1. The molecular formula is C12H8F2N2O3. The molecule has 0 saturated heterocycles. The van der Waals surface area contributed by atoms with E-state index < -0.39 is 18.1 Å². The fourth-order valence-electron chi connectivity index (χ4n) is 2.16. The van der Waals surface area contributed by atoms with Crippen LogP contribution in [0.4, 0.5) is 8.78 Å². The van der Waals surface area contributed by atoms with Crippen LogP contribution >= 0.6 is 0 Å². The van der Waals surface area contributed by atoms with Crippen LogP contribution < -0.4 is 4.74 Å². The maximum Gasteiger partial charge on any atom is 0.360 e. The van der Waals surface area contributed by atoms with Gasteiger partial charge in [0.2, 0.25) is 5.69 Å². The van der Waals surface area contributed by atoms with E-state index in [1.54, 1.807) is 0 Å². The van der Waals surface area contributed by atoms with Crippen LogP contribution in [0.1, 0.15) is 22.4 Å².